The Morgan fingerprint density at radius 3 is 2.78 bits per heavy atom. The van der Waals surface area contributed by atoms with Crippen molar-refractivity contribution >= 4 is 52.7 Å². The molecule has 7 nitrogen and oxygen atoms in total. The average molecular weight is 552 g/mol. The Bertz CT molecular complexity index is 1290. The molecule has 11 heteroatoms. The van der Waals surface area contributed by atoms with E-state index in [1.807, 2.05) is 6.07 Å². The van der Waals surface area contributed by atoms with E-state index in [0.29, 0.717) is 12.0 Å². The molecule has 196 valence electrons. The van der Waals surface area contributed by atoms with Crippen LogP contribution in [0.4, 0.5) is 20.2 Å². The zero-order valence-electron chi connectivity index (χ0n) is 19.7. The normalized spacial score (nSPS) is 25.2. The van der Waals surface area contributed by atoms with Gasteiger partial charge in [-0.2, -0.15) is 0 Å². The van der Waals surface area contributed by atoms with Crippen LogP contribution >= 0.6 is 23.2 Å². The van der Waals surface area contributed by atoms with E-state index >= 15 is 0 Å². The fourth-order valence-electron chi connectivity index (χ4n) is 5.92. The third-order valence-corrected chi connectivity index (χ3v) is 8.10. The average Bonchev–Trinajstić information content (AvgIpc) is 3.33. The molecule has 0 radical (unpaired) electrons. The maximum Gasteiger partial charge on any atom is 0.262 e. The van der Waals surface area contributed by atoms with E-state index in [9.17, 15) is 28.3 Å². The van der Waals surface area contributed by atoms with Crippen LogP contribution in [0.2, 0.25) is 10.0 Å². The van der Waals surface area contributed by atoms with E-state index in [1.54, 1.807) is 12.1 Å². The number of aldehydes is 1. The van der Waals surface area contributed by atoms with Gasteiger partial charge in [-0.3, -0.25) is 14.5 Å². The lowest BCUT2D eigenvalue weighted by Crippen LogP contribution is -2.58. The Hall–Kier alpha value is -2.59. The minimum absolute atomic E-state index is 0.0817. The second-order valence-corrected chi connectivity index (χ2v) is 10.7. The van der Waals surface area contributed by atoms with Crippen LogP contribution in [0.25, 0.3) is 0 Å². The first kappa shape index (κ1) is 26.0. The number of nitrogens with zero attached hydrogens (tertiary/aromatic N) is 1. The number of aliphatic hydroxyl groups excluding tert-OH is 1. The predicted octanol–water partition coefficient (Wildman–Crippen LogP) is 4.32. The van der Waals surface area contributed by atoms with Gasteiger partial charge < -0.3 is 20.5 Å². The van der Waals surface area contributed by atoms with Crippen LogP contribution in [0.15, 0.2) is 30.3 Å². The number of fused-ring (bicyclic) bond motifs is 2. The van der Waals surface area contributed by atoms with Crippen molar-refractivity contribution in [2.24, 2.45) is 0 Å². The molecule has 2 amide bonds. The van der Waals surface area contributed by atoms with Gasteiger partial charge in [-0.25, -0.2) is 8.78 Å². The van der Waals surface area contributed by atoms with Crippen molar-refractivity contribution in [3.8, 4) is 0 Å². The van der Waals surface area contributed by atoms with Crippen molar-refractivity contribution in [1.82, 2.24) is 4.90 Å². The number of likely N-dealkylation sites (tertiary alicyclic amines) is 1. The van der Waals surface area contributed by atoms with E-state index in [4.69, 9.17) is 23.2 Å². The minimum Gasteiger partial charge on any atom is -0.382 e. The molecule has 2 aromatic carbocycles. The zero-order valence-corrected chi connectivity index (χ0v) is 21.2. The maximum atomic E-state index is 14.9. The highest BCUT2D eigenvalue weighted by Gasteiger charge is 2.61. The lowest BCUT2D eigenvalue weighted by Gasteiger charge is -2.40. The first-order chi connectivity index (χ1) is 17.6. The van der Waals surface area contributed by atoms with Crippen LogP contribution < -0.4 is 10.6 Å². The molecule has 0 saturated carbocycles. The first-order valence-corrected chi connectivity index (χ1v) is 12.8. The molecule has 0 spiro atoms. The van der Waals surface area contributed by atoms with Gasteiger partial charge in [0.2, 0.25) is 5.91 Å². The van der Waals surface area contributed by atoms with Gasteiger partial charge in [0.15, 0.2) is 0 Å². The van der Waals surface area contributed by atoms with E-state index in [-0.39, 0.29) is 21.3 Å². The van der Waals surface area contributed by atoms with Crippen LogP contribution in [-0.2, 0) is 32.8 Å². The quantitative estimate of drug-likeness (QED) is 0.464. The number of aryl methyl sites for hydroxylation is 1. The Labute approximate surface area is 222 Å². The van der Waals surface area contributed by atoms with E-state index in [0.717, 1.165) is 41.7 Å². The molecule has 3 atom stereocenters. The van der Waals surface area contributed by atoms with Crippen molar-refractivity contribution in [3.05, 3.63) is 57.1 Å². The molecule has 2 aromatic rings. The molecule has 2 heterocycles. The highest BCUT2D eigenvalue weighted by atomic mass is 35.5. The number of carbonyl (C=O) groups excluding carboxylic acids is 3. The molecule has 3 N–H and O–H groups in total. The molecule has 3 aliphatic rings. The van der Waals surface area contributed by atoms with Gasteiger partial charge in [0.05, 0.1) is 23.3 Å². The van der Waals surface area contributed by atoms with Gasteiger partial charge in [0.25, 0.3) is 11.8 Å². The van der Waals surface area contributed by atoms with Crippen LogP contribution in [0.5, 0.6) is 0 Å². The molecule has 1 fully saturated rings. The number of rotatable bonds is 6. The number of hydrogen-bond acceptors (Lipinski definition) is 5. The highest BCUT2D eigenvalue weighted by molar-refractivity contribution is 6.37. The molecule has 5 rings (SSSR count). The van der Waals surface area contributed by atoms with Gasteiger partial charge in [-0.1, -0.05) is 35.3 Å². The molecule has 1 saturated heterocycles. The number of halogens is 4. The van der Waals surface area contributed by atoms with E-state index in [1.165, 1.54) is 12.1 Å². The topological polar surface area (TPSA) is 98.7 Å². The third kappa shape index (κ3) is 4.41. The summed E-state index contributed by atoms with van der Waals surface area (Å²) in [6.45, 7) is -0.951. The summed E-state index contributed by atoms with van der Waals surface area (Å²) >= 11 is 12.4. The molecular formula is C26H25Cl2F2N3O4. The van der Waals surface area contributed by atoms with Gasteiger partial charge in [0, 0.05) is 29.1 Å². The zero-order chi connectivity index (χ0) is 26.5. The van der Waals surface area contributed by atoms with E-state index in [2.05, 4.69) is 10.6 Å². The number of hydrogen-bond donors (Lipinski definition) is 3. The Morgan fingerprint density at radius 1 is 1.27 bits per heavy atom. The third-order valence-electron chi connectivity index (χ3n) is 7.58. The molecule has 2 aliphatic heterocycles. The number of anilines is 2. The number of carbonyl (C=O) groups is 3. The summed E-state index contributed by atoms with van der Waals surface area (Å²) in [6, 6.07) is 6.81. The van der Waals surface area contributed by atoms with Crippen LogP contribution in [0.3, 0.4) is 0 Å². The minimum atomic E-state index is -3.33. The van der Waals surface area contributed by atoms with E-state index < -0.39 is 54.8 Å². The summed E-state index contributed by atoms with van der Waals surface area (Å²) in [5.74, 6) is -4.96. The SMILES string of the molecule is O=CCC1(N2CC(F)(F)CC2C(O)C(=O)Nc2cccc3c2CCCC3)C(=O)Nc2c(Cl)cc(Cl)cc21. The Morgan fingerprint density at radius 2 is 2.03 bits per heavy atom. The fraction of sp³-hybridized carbons (Fsp3) is 0.423. The highest BCUT2D eigenvalue weighted by Crippen LogP contribution is 2.51. The van der Waals surface area contributed by atoms with Crippen molar-refractivity contribution in [3.63, 3.8) is 0 Å². The summed E-state index contributed by atoms with van der Waals surface area (Å²) < 4.78 is 29.8. The van der Waals surface area contributed by atoms with Gasteiger partial charge >= 0.3 is 0 Å². The summed E-state index contributed by atoms with van der Waals surface area (Å²) in [5.41, 5.74) is 0.974. The summed E-state index contributed by atoms with van der Waals surface area (Å²) in [7, 11) is 0. The van der Waals surface area contributed by atoms with Crippen LogP contribution in [0.1, 0.15) is 42.4 Å². The fourth-order valence-corrected chi connectivity index (χ4v) is 6.46. The smallest absolute Gasteiger partial charge is 0.262 e. The number of alkyl halides is 2. The van der Waals surface area contributed by atoms with Crippen LogP contribution in [0, 0.1) is 0 Å². The predicted molar refractivity (Wildman–Crippen MR) is 135 cm³/mol. The Kier molecular flexibility index (Phi) is 6.77. The molecule has 0 aromatic heterocycles. The molecule has 0 bridgehead atoms. The van der Waals surface area contributed by atoms with Gasteiger partial charge in [0.1, 0.15) is 17.9 Å². The van der Waals surface area contributed by atoms with Gasteiger partial charge in [-0.15, -0.1) is 0 Å². The standard InChI is InChI=1S/C26H25Cl2F2N3O4/c27-15-10-17-21(18(28)11-15)32-24(37)26(17,8-9-34)33-13-25(29,30)12-20(33)22(35)23(36)31-19-7-3-5-14-4-1-2-6-16(14)19/h3,5,7,9-11,20,22,35H,1-2,4,6,8,12-13H2,(H,31,36)(H,32,37). The molecule has 1 aliphatic carbocycles. The molecular weight excluding hydrogens is 527 g/mol. The molecule has 3 unspecified atom stereocenters. The lowest BCUT2D eigenvalue weighted by molar-refractivity contribution is -0.138. The van der Waals surface area contributed by atoms with Crippen molar-refractivity contribution < 1.29 is 28.3 Å². The van der Waals surface area contributed by atoms with Crippen molar-refractivity contribution in [2.45, 2.75) is 62.1 Å². The number of benzene rings is 2. The summed E-state index contributed by atoms with van der Waals surface area (Å²) in [4.78, 5) is 39.4. The molecule has 37 heavy (non-hydrogen) atoms. The van der Waals surface area contributed by atoms with Crippen molar-refractivity contribution in [2.75, 3.05) is 17.2 Å². The van der Waals surface area contributed by atoms with Crippen molar-refractivity contribution in [1.29, 1.82) is 0 Å². The number of amides is 2. The lowest BCUT2D eigenvalue weighted by atomic mass is 9.85. The largest absolute Gasteiger partial charge is 0.382 e. The second kappa shape index (κ2) is 9.62. The van der Waals surface area contributed by atoms with Crippen LogP contribution in [-0.4, -0.2) is 52.7 Å². The summed E-state index contributed by atoms with van der Waals surface area (Å²) in [6.07, 6.45) is 0.771. The first-order valence-electron chi connectivity index (χ1n) is 12.1. The Balaban J connectivity index is 1.52. The second-order valence-electron chi connectivity index (χ2n) is 9.84. The monoisotopic (exact) mass is 551 g/mol. The number of nitrogens with one attached hydrogen (secondary N) is 2. The van der Waals surface area contributed by atoms with Gasteiger partial charge in [-0.05, 0) is 55.0 Å². The maximum absolute atomic E-state index is 14.9. The number of aliphatic hydroxyl groups is 1. The summed E-state index contributed by atoms with van der Waals surface area (Å²) in [5, 5.41) is 16.6.